The van der Waals surface area contributed by atoms with Crippen molar-refractivity contribution in [1.82, 2.24) is 0 Å². The lowest BCUT2D eigenvalue weighted by molar-refractivity contribution is 0.660. The molecular formula is C12H18ClNS. The molecule has 1 nitrogen and oxygen atoms in total. The first-order valence-electron chi connectivity index (χ1n) is 5.30. The molecule has 0 radical (unpaired) electrons. The van der Waals surface area contributed by atoms with Gasteiger partial charge >= 0.3 is 0 Å². The van der Waals surface area contributed by atoms with Gasteiger partial charge in [0.25, 0.3) is 0 Å². The van der Waals surface area contributed by atoms with E-state index in [1.54, 1.807) is 0 Å². The Hall–Kier alpha value is -0.180. The van der Waals surface area contributed by atoms with Crippen LogP contribution >= 0.6 is 23.4 Å². The molecule has 15 heavy (non-hydrogen) atoms. The van der Waals surface area contributed by atoms with E-state index in [1.165, 1.54) is 12.0 Å². The molecule has 1 rings (SSSR count). The molecule has 3 heteroatoms. The number of thioether (sulfide) groups is 1. The second-order valence-electron chi connectivity index (χ2n) is 3.69. The number of nitrogens with two attached hydrogens (primary N) is 1. The average molecular weight is 244 g/mol. The van der Waals surface area contributed by atoms with Crippen LogP contribution in [0.4, 0.5) is 0 Å². The summed E-state index contributed by atoms with van der Waals surface area (Å²) in [5.41, 5.74) is 7.24. The SMILES string of the molecule is CCCC(N)CSCc1ccc(Cl)cc1. The third-order valence-electron chi connectivity index (χ3n) is 2.17. The van der Waals surface area contributed by atoms with E-state index in [0.717, 1.165) is 22.9 Å². The zero-order valence-corrected chi connectivity index (χ0v) is 10.7. The highest BCUT2D eigenvalue weighted by Gasteiger charge is 2.01. The summed E-state index contributed by atoms with van der Waals surface area (Å²) in [5, 5.41) is 0.798. The number of hydrogen-bond acceptors (Lipinski definition) is 2. The van der Waals surface area contributed by atoms with Crippen LogP contribution in [0.1, 0.15) is 25.3 Å². The van der Waals surface area contributed by atoms with Crippen molar-refractivity contribution in [3.63, 3.8) is 0 Å². The molecule has 0 fully saturated rings. The van der Waals surface area contributed by atoms with E-state index in [-0.39, 0.29) is 0 Å². The summed E-state index contributed by atoms with van der Waals surface area (Å²) in [4.78, 5) is 0. The van der Waals surface area contributed by atoms with Gasteiger partial charge in [0.2, 0.25) is 0 Å². The Morgan fingerprint density at radius 1 is 1.33 bits per heavy atom. The zero-order valence-electron chi connectivity index (χ0n) is 9.08. The van der Waals surface area contributed by atoms with Crippen LogP contribution in [0.2, 0.25) is 5.02 Å². The Morgan fingerprint density at radius 2 is 2.00 bits per heavy atom. The van der Waals surface area contributed by atoms with Gasteiger partial charge in [-0.2, -0.15) is 11.8 Å². The van der Waals surface area contributed by atoms with Gasteiger partial charge in [0.05, 0.1) is 0 Å². The summed E-state index contributed by atoms with van der Waals surface area (Å²) in [6.07, 6.45) is 2.29. The van der Waals surface area contributed by atoms with Gasteiger partial charge in [-0.05, 0) is 24.1 Å². The van der Waals surface area contributed by atoms with Crippen molar-refractivity contribution in [2.75, 3.05) is 5.75 Å². The molecule has 0 heterocycles. The lowest BCUT2D eigenvalue weighted by Crippen LogP contribution is -2.22. The molecule has 0 aliphatic carbocycles. The van der Waals surface area contributed by atoms with Crippen molar-refractivity contribution in [3.05, 3.63) is 34.9 Å². The molecule has 0 bridgehead atoms. The Labute approximate surface area is 101 Å². The predicted molar refractivity (Wildman–Crippen MR) is 70.5 cm³/mol. The predicted octanol–water partition coefficient (Wildman–Crippen LogP) is 3.70. The minimum absolute atomic E-state index is 0.340. The molecule has 1 atom stereocenters. The van der Waals surface area contributed by atoms with E-state index in [4.69, 9.17) is 17.3 Å². The number of hydrogen-bond donors (Lipinski definition) is 1. The standard InChI is InChI=1S/C12H18ClNS/c1-2-3-12(14)9-15-8-10-4-6-11(13)7-5-10/h4-7,12H,2-3,8-9,14H2,1H3. The maximum absolute atomic E-state index is 5.93. The van der Waals surface area contributed by atoms with Crippen LogP contribution in [0, 0.1) is 0 Å². The molecular weight excluding hydrogens is 226 g/mol. The summed E-state index contributed by atoms with van der Waals surface area (Å²) in [6.45, 7) is 2.17. The van der Waals surface area contributed by atoms with Crippen LogP contribution in [-0.4, -0.2) is 11.8 Å². The van der Waals surface area contributed by atoms with Gasteiger partial charge in [0.1, 0.15) is 0 Å². The van der Waals surface area contributed by atoms with E-state index >= 15 is 0 Å². The highest BCUT2D eigenvalue weighted by molar-refractivity contribution is 7.98. The molecule has 0 aliphatic rings. The summed E-state index contributed by atoms with van der Waals surface area (Å²) >= 11 is 7.70. The molecule has 1 aromatic rings. The van der Waals surface area contributed by atoms with Crippen molar-refractivity contribution in [2.24, 2.45) is 5.73 Å². The van der Waals surface area contributed by atoms with Crippen molar-refractivity contribution < 1.29 is 0 Å². The molecule has 0 aliphatic heterocycles. The topological polar surface area (TPSA) is 26.0 Å². The number of rotatable bonds is 6. The van der Waals surface area contributed by atoms with Crippen LogP contribution in [0.5, 0.6) is 0 Å². The highest BCUT2D eigenvalue weighted by atomic mass is 35.5. The van der Waals surface area contributed by atoms with Crippen molar-refractivity contribution in [1.29, 1.82) is 0 Å². The first kappa shape index (κ1) is 12.9. The van der Waals surface area contributed by atoms with E-state index in [0.29, 0.717) is 6.04 Å². The largest absolute Gasteiger partial charge is 0.327 e. The van der Waals surface area contributed by atoms with E-state index in [2.05, 4.69) is 19.1 Å². The quantitative estimate of drug-likeness (QED) is 0.825. The highest BCUT2D eigenvalue weighted by Crippen LogP contribution is 2.16. The third-order valence-corrected chi connectivity index (χ3v) is 3.63. The zero-order chi connectivity index (χ0) is 11.1. The van der Waals surface area contributed by atoms with Crippen LogP contribution in [0.15, 0.2) is 24.3 Å². The Kier molecular flexibility index (Phi) is 6.15. The monoisotopic (exact) mass is 243 g/mol. The molecule has 0 spiro atoms. The second-order valence-corrected chi connectivity index (χ2v) is 5.16. The van der Waals surface area contributed by atoms with E-state index in [1.807, 2.05) is 23.9 Å². The Morgan fingerprint density at radius 3 is 2.60 bits per heavy atom. The molecule has 1 unspecified atom stereocenters. The number of benzene rings is 1. The van der Waals surface area contributed by atoms with Crippen LogP contribution < -0.4 is 5.73 Å². The lowest BCUT2D eigenvalue weighted by atomic mass is 10.2. The molecule has 84 valence electrons. The summed E-state index contributed by atoms with van der Waals surface area (Å²) in [6, 6.07) is 8.35. The Balaban J connectivity index is 2.22. The van der Waals surface area contributed by atoms with Gasteiger partial charge in [-0.25, -0.2) is 0 Å². The average Bonchev–Trinajstić information content (AvgIpc) is 2.21. The molecule has 0 amide bonds. The van der Waals surface area contributed by atoms with Crippen molar-refractivity contribution in [2.45, 2.75) is 31.6 Å². The van der Waals surface area contributed by atoms with Gasteiger partial charge in [0, 0.05) is 22.6 Å². The third kappa shape index (κ3) is 5.45. The van der Waals surface area contributed by atoms with Gasteiger partial charge in [-0.15, -0.1) is 0 Å². The van der Waals surface area contributed by atoms with E-state index < -0.39 is 0 Å². The lowest BCUT2D eigenvalue weighted by Gasteiger charge is -2.09. The molecule has 0 aromatic heterocycles. The molecule has 2 N–H and O–H groups in total. The smallest absolute Gasteiger partial charge is 0.0406 e. The fourth-order valence-electron chi connectivity index (χ4n) is 1.36. The van der Waals surface area contributed by atoms with E-state index in [9.17, 15) is 0 Å². The van der Waals surface area contributed by atoms with Gasteiger partial charge in [-0.1, -0.05) is 37.1 Å². The fourth-order valence-corrected chi connectivity index (χ4v) is 2.50. The fraction of sp³-hybridized carbons (Fsp3) is 0.500. The molecule has 0 saturated heterocycles. The van der Waals surface area contributed by atoms with Crippen LogP contribution in [0.3, 0.4) is 0 Å². The van der Waals surface area contributed by atoms with Gasteiger partial charge < -0.3 is 5.73 Å². The van der Waals surface area contributed by atoms with Crippen molar-refractivity contribution >= 4 is 23.4 Å². The first-order chi connectivity index (χ1) is 7.22. The molecule has 1 aromatic carbocycles. The summed E-state index contributed by atoms with van der Waals surface area (Å²) < 4.78 is 0. The van der Waals surface area contributed by atoms with Gasteiger partial charge in [0.15, 0.2) is 0 Å². The van der Waals surface area contributed by atoms with Crippen LogP contribution in [0.25, 0.3) is 0 Å². The van der Waals surface area contributed by atoms with Crippen LogP contribution in [-0.2, 0) is 5.75 Å². The Bertz CT molecular complexity index is 273. The minimum atomic E-state index is 0.340. The first-order valence-corrected chi connectivity index (χ1v) is 6.83. The van der Waals surface area contributed by atoms with Gasteiger partial charge in [-0.3, -0.25) is 0 Å². The normalized spacial score (nSPS) is 12.7. The van der Waals surface area contributed by atoms with Crippen molar-refractivity contribution in [3.8, 4) is 0 Å². The maximum Gasteiger partial charge on any atom is 0.0406 e. The minimum Gasteiger partial charge on any atom is -0.327 e. The molecule has 0 saturated carbocycles. The second kappa shape index (κ2) is 7.15. The summed E-state index contributed by atoms with van der Waals surface area (Å²) in [7, 11) is 0. The maximum atomic E-state index is 5.93. The summed E-state index contributed by atoms with van der Waals surface area (Å²) in [5.74, 6) is 2.06. The number of halogens is 1.